The minimum Gasteiger partial charge on any atom is -0.508 e. The lowest BCUT2D eigenvalue weighted by molar-refractivity contribution is -0.180. The number of fused-ring (bicyclic) bond motifs is 1. The van der Waals surface area contributed by atoms with Crippen LogP contribution in [0.15, 0.2) is 42.5 Å². The van der Waals surface area contributed by atoms with Gasteiger partial charge in [-0.2, -0.15) is 0 Å². The molecule has 4 atom stereocenters. The maximum Gasteiger partial charge on any atom is 0.121 e. The first-order valence-electron chi connectivity index (χ1n) is 10.5. The van der Waals surface area contributed by atoms with Gasteiger partial charge < -0.3 is 25.2 Å². The number of benzene rings is 2. The van der Waals surface area contributed by atoms with E-state index >= 15 is 0 Å². The summed E-state index contributed by atoms with van der Waals surface area (Å²) >= 11 is 1.77. The maximum absolute atomic E-state index is 10.8. The number of phenols is 1. The third-order valence-electron chi connectivity index (χ3n) is 6.20. The highest BCUT2D eigenvalue weighted by Crippen LogP contribution is 2.46. The average molecular weight is 427 g/mol. The Bertz CT molecular complexity index is 1020. The van der Waals surface area contributed by atoms with E-state index in [1.807, 2.05) is 18.2 Å². The van der Waals surface area contributed by atoms with E-state index in [2.05, 4.69) is 18.2 Å². The molecule has 30 heavy (non-hydrogen) atoms. The Labute approximate surface area is 179 Å². The predicted molar refractivity (Wildman–Crippen MR) is 116 cm³/mol. The summed E-state index contributed by atoms with van der Waals surface area (Å²) < 4.78 is 7.09. The fourth-order valence-electron chi connectivity index (χ4n) is 4.46. The Morgan fingerprint density at radius 3 is 2.57 bits per heavy atom. The lowest BCUT2D eigenvalue weighted by atomic mass is 9.89. The second-order valence-corrected chi connectivity index (χ2v) is 9.63. The zero-order valence-electron chi connectivity index (χ0n) is 16.6. The summed E-state index contributed by atoms with van der Waals surface area (Å²) in [6.07, 6.45) is -0.450. The van der Waals surface area contributed by atoms with Crippen LogP contribution in [0.2, 0.25) is 0 Å². The topological polar surface area (TPSA) is 90.2 Å². The van der Waals surface area contributed by atoms with Gasteiger partial charge in [-0.1, -0.05) is 18.2 Å². The predicted octanol–water partition coefficient (Wildman–Crippen LogP) is 3.62. The van der Waals surface area contributed by atoms with Crippen LogP contribution in [0.3, 0.4) is 0 Å². The van der Waals surface area contributed by atoms with Gasteiger partial charge in [-0.15, -0.1) is 11.3 Å². The number of aliphatic hydroxyl groups excluding tert-OH is 3. The van der Waals surface area contributed by atoms with Crippen LogP contribution in [0.4, 0.5) is 0 Å². The molecule has 0 spiro atoms. The summed E-state index contributed by atoms with van der Waals surface area (Å²) in [6.45, 7) is -0.240. The minimum absolute atomic E-state index is 0.0758. The Morgan fingerprint density at radius 2 is 1.83 bits per heavy atom. The second-order valence-electron chi connectivity index (χ2n) is 8.47. The van der Waals surface area contributed by atoms with Crippen LogP contribution in [-0.2, 0) is 11.2 Å². The molecule has 4 N–H and O–H groups in total. The fourth-order valence-corrected chi connectivity index (χ4v) is 5.55. The Hall–Kier alpha value is -1.96. The van der Waals surface area contributed by atoms with Crippen molar-refractivity contribution in [3.63, 3.8) is 0 Å². The smallest absolute Gasteiger partial charge is 0.121 e. The van der Waals surface area contributed by atoms with Gasteiger partial charge in [0.05, 0.1) is 18.8 Å². The molecule has 1 aliphatic carbocycles. The number of hydrogen-bond acceptors (Lipinski definition) is 6. The van der Waals surface area contributed by atoms with E-state index in [9.17, 15) is 20.4 Å². The standard InChI is InChI=1S/C24H26O5S/c25-12-16-10-21(27)23(28)24(29-16)19-9-15(18(11-20(19)26)13-5-6-13)8-17-7-14-3-1-2-4-22(14)30-17/h1-4,7,9,11,13,16,21,23-28H,5-6,8,10,12H2/t16-,21-,23-,24-/m0/s1. The summed E-state index contributed by atoms with van der Waals surface area (Å²) in [6, 6.07) is 14.3. The van der Waals surface area contributed by atoms with Crippen molar-refractivity contribution in [2.45, 2.75) is 56.0 Å². The van der Waals surface area contributed by atoms with Crippen molar-refractivity contribution in [2.24, 2.45) is 0 Å². The number of aromatic hydroxyl groups is 1. The number of thiophene rings is 1. The van der Waals surface area contributed by atoms with Gasteiger partial charge in [0, 0.05) is 28.0 Å². The first kappa shape index (κ1) is 20.0. The molecular formula is C24H26O5S. The summed E-state index contributed by atoms with van der Waals surface area (Å²) in [5.74, 6) is 0.536. The summed E-state index contributed by atoms with van der Waals surface area (Å²) in [5.41, 5.74) is 2.74. The van der Waals surface area contributed by atoms with E-state index in [0.717, 1.165) is 30.4 Å². The Morgan fingerprint density at radius 1 is 1.03 bits per heavy atom. The SMILES string of the molecule is OC[C@@H]1C[C@H](O)[C@H](O)[C@H](c2cc(Cc3cc4ccccc4s3)c(C3CC3)cc2O)O1. The largest absolute Gasteiger partial charge is 0.508 e. The van der Waals surface area contributed by atoms with E-state index in [1.165, 1.54) is 15.0 Å². The molecule has 1 aromatic heterocycles. The molecule has 0 radical (unpaired) electrons. The molecule has 1 saturated carbocycles. The molecule has 1 aliphatic heterocycles. The number of ether oxygens (including phenoxy) is 1. The monoisotopic (exact) mass is 426 g/mol. The molecule has 5 nitrogen and oxygen atoms in total. The van der Waals surface area contributed by atoms with Gasteiger partial charge in [0.25, 0.3) is 0 Å². The van der Waals surface area contributed by atoms with Crippen molar-refractivity contribution < 1.29 is 25.2 Å². The van der Waals surface area contributed by atoms with Crippen molar-refractivity contribution in [3.8, 4) is 5.75 Å². The number of phenolic OH excluding ortho intramolecular Hbond substituents is 1. The van der Waals surface area contributed by atoms with Crippen molar-refractivity contribution in [1.29, 1.82) is 0 Å². The van der Waals surface area contributed by atoms with E-state index in [0.29, 0.717) is 11.5 Å². The summed E-state index contributed by atoms with van der Waals surface area (Å²) in [5, 5.41) is 42.2. The fraction of sp³-hybridized carbons (Fsp3) is 0.417. The molecule has 158 valence electrons. The molecule has 2 aliphatic rings. The van der Waals surface area contributed by atoms with Gasteiger partial charge in [0.1, 0.15) is 18.0 Å². The van der Waals surface area contributed by atoms with Crippen molar-refractivity contribution in [3.05, 3.63) is 64.0 Å². The van der Waals surface area contributed by atoms with Gasteiger partial charge in [0.15, 0.2) is 0 Å². The number of aliphatic hydroxyl groups is 3. The lowest BCUT2D eigenvalue weighted by Crippen LogP contribution is -2.44. The van der Waals surface area contributed by atoms with Crippen molar-refractivity contribution >= 4 is 21.4 Å². The van der Waals surface area contributed by atoms with Gasteiger partial charge in [-0.3, -0.25) is 0 Å². The highest BCUT2D eigenvalue weighted by Gasteiger charge is 2.39. The van der Waals surface area contributed by atoms with Crippen LogP contribution in [0.1, 0.15) is 52.9 Å². The zero-order chi connectivity index (χ0) is 20.8. The zero-order valence-corrected chi connectivity index (χ0v) is 17.4. The van der Waals surface area contributed by atoms with Crippen molar-refractivity contribution in [2.75, 3.05) is 6.61 Å². The van der Waals surface area contributed by atoms with E-state index in [4.69, 9.17) is 4.74 Å². The lowest BCUT2D eigenvalue weighted by Gasteiger charge is -2.37. The highest BCUT2D eigenvalue weighted by molar-refractivity contribution is 7.19. The van der Waals surface area contributed by atoms with Gasteiger partial charge >= 0.3 is 0 Å². The maximum atomic E-state index is 10.8. The molecular weight excluding hydrogens is 400 g/mol. The molecule has 1 saturated heterocycles. The molecule has 0 bridgehead atoms. The van der Waals surface area contributed by atoms with Crippen molar-refractivity contribution in [1.82, 2.24) is 0 Å². The summed E-state index contributed by atoms with van der Waals surface area (Å²) in [7, 11) is 0. The van der Waals surface area contributed by atoms with Gasteiger partial charge in [-0.05, 0) is 59.5 Å². The first-order valence-corrected chi connectivity index (χ1v) is 11.3. The Kier molecular flexibility index (Phi) is 5.29. The molecule has 6 heteroatoms. The van der Waals surface area contributed by atoms with Crippen LogP contribution in [0, 0.1) is 0 Å². The molecule has 2 fully saturated rings. The molecule has 2 heterocycles. The van der Waals surface area contributed by atoms with Crippen LogP contribution in [0.5, 0.6) is 5.75 Å². The van der Waals surface area contributed by atoms with Crippen LogP contribution in [0.25, 0.3) is 10.1 Å². The third-order valence-corrected chi connectivity index (χ3v) is 7.32. The first-order chi connectivity index (χ1) is 14.5. The van der Waals surface area contributed by atoms with Crippen LogP contribution < -0.4 is 0 Å². The quantitative estimate of drug-likeness (QED) is 0.500. The highest BCUT2D eigenvalue weighted by atomic mass is 32.1. The number of rotatable bonds is 5. The molecule has 5 rings (SSSR count). The molecule has 2 aromatic carbocycles. The van der Waals surface area contributed by atoms with Gasteiger partial charge in [0.2, 0.25) is 0 Å². The molecule has 0 unspecified atom stereocenters. The van der Waals surface area contributed by atoms with Gasteiger partial charge in [-0.25, -0.2) is 0 Å². The minimum atomic E-state index is -1.15. The van der Waals surface area contributed by atoms with E-state index in [-0.39, 0.29) is 18.8 Å². The summed E-state index contributed by atoms with van der Waals surface area (Å²) in [4.78, 5) is 1.24. The van der Waals surface area contributed by atoms with Crippen LogP contribution in [-0.4, -0.2) is 45.3 Å². The Balaban J connectivity index is 1.53. The second kappa shape index (κ2) is 7.94. The van der Waals surface area contributed by atoms with Crippen LogP contribution >= 0.6 is 11.3 Å². The third kappa shape index (κ3) is 3.74. The molecule has 0 amide bonds. The van der Waals surface area contributed by atoms with E-state index < -0.39 is 24.4 Å². The van der Waals surface area contributed by atoms with E-state index in [1.54, 1.807) is 17.4 Å². The molecule has 3 aromatic rings. The average Bonchev–Trinajstić information content (AvgIpc) is 3.50. The number of hydrogen-bond donors (Lipinski definition) is 4. The normalized spacial score (nSPS) is 26.9.